The highest BCUT2D eigenvalue weighted by Gasteiger charge is 2.45. The Balaban J connectivity index is 2.04. The molecule has 44 heavy (non-hydrogen) atoms. The van der Waals surface area contributed by atoms with Crippen LogP contribution >= 0.6 is 0 Å². The van der Waals surface area contributed by atoms with Gasteiger partial charge in [0, 0.05) is 31.7 Å². The molecular formula is C29H39F5N4O6. The summed E-state index contributed by atoms with van der Waals surface area (Å²) in [6.45, 7) is 10.7. The van der Waals surface area contributed by atoms with E-state index in [2.05, 4.69) is 0 Å². The van der Waals surface area contributed by atoms with Gasteiger partial charge in [-0.15, -0.1) is 5.06 Å². The van der Waals surface area contributed by atoms with Crippen molar-refractivity contribution in [3.05, 3.63) is 23.3 Å². The summed E-state index contributed by atoms with van der Waals surface area (Å²) in [5.41, 5.74) is -4.63. The molecule has 1 aromatic rings. The van der Waals surface area contributed by atoms with Gasteiger partial charge in [0.05, 0.1) is 28.8 Å². The quantitative estimate of drug-likeness (QED) is 0.422. The molecule has 10 nitrogen and oxygen atoms in total. The van der Waals surface area contributed by atoms with Gasteiger partial charge in [0.1, 0.15) is 5.75 Å². The van der Waals surface area contributed by atoms with Crippen molar-refractivity contribution in [1.29, 1.82) is 0 Å². The Kier molecular flexibility index (Phi) is 10.2. The van der Waals surface area contributed by atoms with E-state index >= 15 is 0 Å². The average molecular weight is 635 g/mol. The summed E-state index contributed by atoms with van der Waals surface area (Å²) in [6.07, 6.45) is -7.35. The van der Waals surface area contributed by atoms with E-state index in [1.54, 1.807) is 34.6 Å². The molecule has 0 aliphatic carbocycles. The van der Waals surface area contributed by atoms with Crippen LogP contribution in [0.25, 0.3) is 0 Å². The monoisotopic (exact) mass is 634 g/mol. The molecule has 1 fully saturated rings. The largest absolute Gasteiger partial charge is 0.476 e. The molecule has 3 rings (SSSR count). The standard InChI is InChI=1S/C29H39F5N4O6/c1-16(2)38(17-9-8-11-36(15-17)44-26(42)27(3,4)5)24(40)18-13-20-21(14-19(18)29(32,33)34)43-28(6,7)25(41)37(20)12-10-35-23(39)22(30)31/h13-14,16-17,22H,8-12,15H2,1-7H3,(H,35,39). The van der Waals surface area contributed by atoms with Crippen LogP contribution < -0.4 is 15.0 Å². The Morgan fingerprint density at radius 2 is 1.80 bits per heavy atom. The molecule has 2 aliphatic rings. The van der Waals surface area contributed by atoms with Gasteiger partial charge in [0.25, 0.3) is 17.7 Å². The normalized spacial score (nSPS) is 19.0. The summed E-state index contributed by atoms with van der Waals surface area (Å²) < 4.78 is 74.3. The number of nitrogens with zero attached hydrogens (tertiary/aromatic N) is 3. The zero-order chi connectivity index (χ0) is 33.4. The van der Waals surface area contributed by atoms with Crippen LogP contribution in [0.15, 0.2) is 12.1 Å². The molecule has 1 N–H and O–H groups in total. The third-order valence-corrected chi connectivity index (χ3v) is 7.25. The van der Waals surface area contributed by atoms with Crippen molar-refractivity contribution in [1.82, 2.24) is 15.3 Å². The Labute approximate surface area is 252 Å². The molecule has 3 amide bonds. The highest BCUT2D eigenvalue weighted by Crippen LogP contribution is 2.44. The molecule has 2 heterocycles. The highest BCUT2D eigenvalue weighted by molar-refractivity contribution is 6.05. The lowest BCUT2D eigenvalue weighted by Crippen LogP contribution is -2.55. The van der Waals surface area contributed by atoms with Gasteiger partial charge in [-0.3, -0.25) is 14.4 Å². The van der Waals surface area contributed by atoms with Crippen molar-refractivity contribution < 1.29 is 50.7 Å². The lowest BCUT2D eigenvalue weighted by molar-refractivity contribution is -0.208. The Hall–Kier alpha value is -3.49. The van der Waals surface area contributed by atoms with E-state index in [1.165, 1.54) is 23.8 Å². The maximum absolute atomic E-state index is 14.4. The van der Waals surface area contributed by atoms with Gasteiger partial charge in [-0.1, -0.05) is 0 Å². The minimum Gasteiger partial charge on any atom is -0.476 e. The number of nitrogens with one attached hydrogen (secondary N) is 1. The van der Waals surface area contributed by atoms with Crippen LogP contribution in [-0.4, -0.2) is 83.9 Å². The van der Waals surface area contributed by atoms with Crippen molar-refractivity contribution >= 4 is 29.4 Å². The van der Waals surface area contributed by atoms with E-state index in [1.807, 2.05) is 5.32 Å². The topological polar surface area (TPSA) is 108 Å². The van der Waals surface area contributed by atoms with E-state index in [4.69, 9.17) is 9.57 Å². The van der Waals surface area contributed by atoms with Gasteiger partial charge >= 0.3 is 18.6 Å². The first-order chi connectivity index (χ1) is 20.1. The van der Waals surface area contributed by atoms with Gasteiger partial charge in [-0.2, -0.15) is 22.0 Å². The molecule has 0 bridgehead atoms. The van der Waals surface area contributed by atoms with Gasteiger partial charge in [0.15, 0.2) is 5.60 Å². The first-order valence-electron chi connectivity index (χ1n) is 14.3. The van der Waals surface area contributed by atoms with Crippen LogP contribution in [0.2, 0.25) is 0 Å². The van der Waals surface area contributed by atoms with Crippen LogP contribution in [0.1, 0.15) is 77.2 Å². The number of piperidine rings is 1. The zero-order valence-electron chi connectivity index (χ0n) is 25.8. The fraction of sp³-hybridized carbons (Fsp3) is 0.655. The second kappa shape index (κ2) is 12.9. The number of ether oxygens (including phenoxy) is 1. The van der Waals surface area contributed by atoms with Crippen LogP contribution in [0, 0.1) is 5.41 Å². The number of halogens is 5. The summed E-state index contributed by atoms with van der Waals surface area (Å²) in [7, 11) is 0. The number of carbonyl (C=O) groups excluding carboxylic acids is 4. The van der Waals surface area contributed by atoms with E-state index < -0.39 is 77.1 Å². The van der Waals surface area contributed by atoms with Crippen molar-refractivity contribution in [3.8, 4) is 5.75 Å². The molecule has 1 unspecified atom stereocenters. The van der Waals surface area contributed by atoms with Crippen LogP contribution in [0.3, 0.4) is 0 Å². The summed E-state index contributed by atoms with van der Waals surface area (Å²) in [4.78, 5) is 58.9. The Morgan fingerprint density at radius 3 is 2.34 bits per heavy atom. The second-order valence-corrected chi connectivity index (χ2v) is 12.6. The highest BCUT2D eigenvalue weighted by atomic mass is 19.4. The molecule has 0 aromatic heterocycles. The maximum atomic E-state index is 14.4. The van der Waals surface area contributed by atoms with E-state index in [-0.39, 0.29) is 24.5 Å². The van der Waals surface area contributed by atoms with Gasteiger partial charge in [0.2, 0.25) is 0 Å². The molecule has 1 atom stereocenters. The minimum absolute atomic E-state index is 0.0732. The second-order valence-electron chi connectivity index (χ2n) is 12.6. The number of fused-ring (bicyclic) bond motifs is 1. The van der Waals surface area contributed by atoms with Crippen LogP contribution in [0.5, 0.6) is 5.75 Å². The predicted molar refractivity (Wildman–Crippen MR) is 149 cm³/mol. The molecule has 0 saturated carbocycles. The Morgan fingerprint density at radius 1 is 1.16 bits per heavy atom. The molecule has 0 radical (unpaired) electrons. The number of hydrogen-bond acceptors (Lipinski definition) is 7. The molecule has 15 heteroatoms. The number of anilines is 1. The molecule has 0 spiro atoms. The maximum Gasteiger partial charge on any atom is 0.417 e. The molecular weight excluding hydrogens is 595 g/mol. The number of amides is 3. The number of carbonyl (C=O) groups is 4. The molecule has 1 saturated heterocycles. The molecule has 2 aliphatic heterocycles. The number of hydroxylamine groups is 2. The van der Waals surface area contributed by atoms with E-state index in [0.717, 1.165) is 11.0 Å². The smallest absolute Gasteiger partial charge is 0.417 e. The lowest BCUT2D eigenvalue weighted by Gasteiger charge is -2.42. The fourth-order valence-corrected chi connectivity index (χ4v) is 5.06. The lowest BCUT2D eigenvalue weighted by atomic mass is 9.96. The van der Waals surface area contributed by atoms with Crippen LogP contribution in [-0.2, 0) is 25.4 Å². The van der Waals surface area contributed by atoms with Crippen molar-refractivity contribution in [2.24, 2.45) is 5.41 Å². The molecule has 1 aromatic carbocycles. The summed E-state index contributed by atoms with van der Waals surface area (Å²) in [6, 6.07) is 0.384. The predicted octanol–water partition coefficient (Wildman–Crippen LogP) is 4.41. The fourth-order valence-electron chi connectivity index (χ4n) is 5.06. The van der Waals surface area contributed by atoms with Crippen LogP contribution in [0.4, 0.5) is 27.6 Å². The van der Waals surface area contributed by atoms with Gasteiger partial charge in [-0.25, -0.2) is 4.79 Å². The third-order valence-electron chi connectivity index (χ3n) is 7.25. The molecule has 246 valence electrons. The zero-order valence-corrected chi connectivity index (χ0v) is 25.8. The van der Waals surface area contributed by atoms with Crippen molar-refractivity contribution in [2.75, 3.05) is 31.1 Å². The number of alkyl halides is 5. The number of benzene rings is 1. The van der Waals surface area contributed by atoms with Gasteiger partial charge < -0.3 is 24.7 Å². The van der Waals surface area contributed by atoms with E-state index in [9.17, 15) is 41.1 Å². The SMILES string of the molecule is CC(C)N(C(=O)c1cc2c(cc1C(F)(F)F)OC(C)(C)C(=O)N2CCNC(=O)C(F)F)C1CCCN(OC(=O)C(C)(C)C)C1. The third kappa shape index (κ3) is 7.77. The first-order valence-corrected chi connectivity index (χ1v) is 14.3. The first kappa shape index (κ1) is 35.0. The van der Waals surface area contributed by atoms with Crippen molar-refractivity contribution in [3.63, 3.8) is 0 Å². The van der Waals surface area contributed by atoms with Gasteiger partial charge in [-0.05, 0) is 73.4 Å². The average Bonchev–Trinajstić information content (AvgIpc) is 2.88. The minimum atomic E-state index is -4.99. The summed E-state index contributed by atoms with van der Waals surface area (Å²) >= 11 is 0. The number of hydrogen-bond donors (Lipinski definition) is 1. The van der Waals surface area contributed by atoms with Crippen molar-refractivity contribution in [2.45, 2.75) is 91.6 Å². The number of rotatable bonds is 8. The van der Waals surface area contributed by atoms with E-state index in [0.29, 0.717) is 25.5 Å². The summed E-state index contributed by atoms with van der Waals surface area (Å²) in [5, 5.41) is 3.37. The summed E-state index contributed by atoms with van der Waals surface area (Å²) in [5.74, 6) is -4.08. The Bertz CT molecular complexity index is 1280.